The van der Waals surface area contributed by atoms with Gasteiger partial charge >= 0.3 is 0 Å². The number of nitrogens with zero attached hydrogens (tertiary/aromatic N) is 2. The summed E-state index contributed by atoms with van der Waals surface area (Å²) in [7, 11) is 0. The molecule has 0 spiro atoms. The van der Waals surface area contributed by atoms with Gasteiger partial charge in [-0.15, -0.1) is 11.3 Å². The molecule has 0 aliphatic carbocycles. The summed E-state index contributed by atoms with van der Waals surface area (Å²) >= 11 is 1.45. The number of rotatable bonds is 4. The van der Waals surface area contributed by atoms with E-state index in [9.17, 15) is 4.79 Å². The molecule has 0 radical (unpaired) electrons. The number of aryl methyl sites for hydroxylation is 1. The summed E-state index contributed by atoms with van der Waals surface area (Å²) < 4.78 is 0. The van der Waals surface area contributed by atoms with E-state index in [2.05, 4.69) is 15.3 Å². The molecule has 2 aromatic rings. The van der Waals surface area contributed by atoms with Crippen LogP contribution in [0.25, 0.3) is 0 Å². The molecule has 94 valence electrons. The smallest absolute Gasteiger partial charge is 0.275 e. The SMILES string of the molecule is Cc1ncccc1NC(=O)c1csc(CCN)n1. The summed E-state index contributed by atoms with van der Waals surface area (Å²) in [5.74, 6) is -0.217. The van der Waals surface area contributed by atoms with E-state index in [1.165, 1.54) is 11.3 Å². The first-order valence-corrected chi connectivity index (χ1v) is 6.46. The lowest BCUT2D eigenvalue weighted by molar-refractivity contribution is 0.102. The van der Waals surface area contributed by atoms with Gasteiger partial charge in [0.25, 0.3) is 5.91 Å². The van der Waals surface area contributed by atoms with Crippen LogP contribution in [-0.4, -0.2) is 22.4 Å². The van der Waals surface area contributed by atoms with Gasteiger partial charge in [0.05, 0.1) is 16.4 Å². The molecule has 18 heavy (non-hydrogen) atoms. The van der Waals surface area contributed by atoms with Crippen LogP contribution in [0.4, 0.5) is 5.69 Å². The predicted octanol–water partition coefficient (Wildman–Crippen LogP) is 1.60. The number of carbonyl (C=O) groups is 1. The number of thiazole rings is 1. The summed E-state index contributed by atoms with van der Waals surface area (Å²) in [4.78, 5) is 20.3. The normalized spacial score (nSPS) is 10.3. The Bertz CT molecular complexity index is 553. The standard InChI is InChI=1S/C12H14N4OS/c1-8-9(3-2-6-14-8)16-12(17)10-7-18-11(15-10)4-5-13/h2-3,6-7H,4-5,13H2,1H3,(H,16,17). The molecule has 0 aliphatic rings. The van der Waals surface area contributed by atoms with Gasteiger partial charge < -0.3 is 11.1 Å². The second-order valence-corrected chi connectivity index (χ2v) is 4.70. The second kappa shape index (κ2) is 5.70. The monoisotopic (exact) mass is 262 g/mol. The highest BCUT2D eigenvalue weighted by Crippen LogP contribution is 2.14. The van der Waals surface area contributed by atoms with E-state index in [0.29, 0.717) is 24.3 Å². The Kier molecular flexibility index (Phi) is 4.01. The fourth-order valence-corrected chi connectivity index (χ4v) is 2.25. The molecule has 3 N–H and O–H groups in total. The van der Waals surface area contributed by atoms with E-state index in [0.717, 1.165) is 10.7 Å². The molecule has 0 saturated carbocycles. The molecule has 2 rings (SSSR count). The van der Waals surface area contributed by atoms with Crippen LogP contribution in [0.15, 0.2) is 23.7 Å². The molecule has 0 unspecified atom stereocenters. The topological polar surface area (TPSA) is 80.9 Å². The highest BCUT2D eigenvalue weighted by atomic mass is 32.1. The molecule has 2 aromatic heterocycles. The average Bonchev–Trinajstić information content (AvgIpc) is 2.81. The minimum Gasteiger partial charge on any atom is -0.330 e. The Morgan fingerprint density at radius 2 is 2.39 bits per heavy atom. The summed E-state index contributed by atoms with van der Waals surface area (Å²) in [6.45, 7) is 2.38. The van der Waals surface area contributed by atoms with Crippen LogP contribution in [0.2, 0.25) is 0 Å². The van der Waals surface area contributed by atoms with Crippen molar-refractivity contribution in [1.82, 2.24) is 9.97 Å². The first-order valence-electron chi connectivity index (χ1n) is 5.58. The van der Waals surface area contributed by atoms with E-state index in [-0.39, 0.29) is 5.91 Å². The lowest BCUT2D eigenvalue weighted by Gasteiger charge is -2.05. The molecule has 0 fully saturated rings. The van der Waals surface area contributed by atoms with Crippen LogP contribution >= 0.6 is 11.3 Å². The van der Waals surface area contributed by atoms with E-state index < -0.39 is 0 Å². The van der Waals surface area contributed by atoms with Crippen LogP contribution in [0, 0.1) is 6.92 Å². The first kappa shape index (κ1) is 12.7. The Morgan fingerprint density at radius 3 is 3.11 bits per heavy atom. The number of aromatic nitrogens is 2. The van der Waals surface area contributed by atoms with E-state index >= 15 is 0 Å². The predicted molar refractivity (Wildman–Crippen MR) is 71.8 cm³/mol. The highest BCUT2D eigenvalue weighted by molar-refractivity contribution is 7.09. The van der Waals surface area contributed by atoms with Crippen molar-refractivity contribution in [2.45, 2.75) is 13.3 Å². The Labute approximate surface area is 109 Å². The van der Waals surface area contributed by atoms with Crippen LogP contribution in [0.1, 0.15) is 21.2 Å². The summed E-state index contributed by atoms with van der Waals surface area (Å²) in [6, 6.07) is 3.59. The van der Waals surface area contributed by atoms with Crippen LogP contribution in [0.5, 0.6) is 0 Å². The van der Waals surface area contributed by atoms with E-state index in [1.807, 2.05) is 13.0 Å². The zero-order valence-corrected chi connectivity index (χ0v) is 10.8. The molecule has 5 nitrogen and oxygen atoms in total. The van der Waals surface area contributed by atoms with Gasteiger partial charge in [-0.25, -0.2) is 4.98 Å². The van der Waals surface area contributed by atoms with Gasteiger partial charge in [-0.05, 0) is 25.6 Å². The Hall–Kier alpha value is -1.79. The van der Waals surface area contributed by atoms with Crippen LogP contribution in [0.3, 0.4) is 0 Å². The summed E-state index contributed by atoms with van der Waals surface area (Å²) in [6.07, 6.45) is 2.39. The minimum absolute atomic E-state index is 0.217. The number of hydrogen-bond donors (Lipinski definition) is 2. The number of amides is 1. The van der Waals surface area contributed by atoms with Gasteiger partial charge in [0.15, 0.2) is 0 Å². The molecule has 0 aromatic carbocycles. The third-order valence-corrected chi connectivity index (χ3v) is 3.31. The molecule has 0 bridgehead atoms. The van der Waals surface area contributed by atoms with Gasteiger partial charge in [-0.1, -0.05) is 0 Å². The maximum absolute atomic E-state index is 12.0. The number of nitrogens with two attached hydrogens (primary N) is 1. The minimum atomic E-state index is -0.217. The number of anilines is 1. The van der Waals surface area contributed by atoms with E-state index in [4.69, 9.17) is 5.73 Å². The second-order valence-electron chi connectivity index (χ2n) is 3.76. The van der Waals surface area contributed by atoms with Crippen molar-refractivity contribution in [3.8, 4) is 0 Å². The van der Waals surface area contributed by atoms with Crippen LogP contribution in [-0.2, 0) is 6.42 Å². The molecule has 2 heterocycles. The van der Waals surface area contributed by atoms with Crippen molar-refractivity contribution >= 4 is 22.9 Å². The molecule has 0 atom stereocenters. The van der Waals surface area contributed by atoms with Gasteiger partial charge in [0, 0.05) is 18.0 Å². The van der Waals surface area contributed by atoms with Gasteiger partial charge in [-0.2, -0.15) is 0 Å². The van der Waals surface area contributed by atoms with Gasteiger partial charge in [0.1, 0.15) is 5.69 Å². The van der Waals surface area contributed by atoms with Crippen molar-refractivity contribution < 1.29 is 4.79 Å². The molecular formula is C12H14N4OS. The average molecular weight is 262 g/mol. The lowest BCUT2D eigenvalue weighted by Crippen LogP contribution is -2.14. The third kappa shape index (κ3) is 2.91. The zero-order valence-electron chi connectivity index (χ0n) is 10.0. The maximum atomic E-state index is 12.0. The fraction of sp³-hybridized carbons (Fsp3) is 0.250. The molecule has 1 amide bonds. The molecule has 0 saturated heterocycles. The van der Waals surface area contributed by atoms with Gasteiger partial charge in [-0.3, -0.25) is 9.78 Å². The van der Waals surface area contributed by atoms with E-state index in [1.54, 1.807) is 17.6 Å². The number of hydrogen-bond acceptors (Lipinski definition) is 5. The first-order chi connectivity index (χ1) is 8.70. The van der Waals surface area contributed by atoms with Crippen molar-refractivity contribution in [3.63, 3.8) is 0 Å². The highest BCUT2D eigenvalue weighted by Gasteiger charge is 2.11. The zero-order chi connectivity index (χ0) is 13.0. The summed E-state index contributed by atoms with van der Waals surface area (Å²) in [5, 5.41) is 5.42. The Balaban J connectivity index is 2.10. The number of pyridine rings is 1. The number of carbonyl (C=O) groups excluding carboxylic acids is 1. The van der Waals surface area contributed by atoms with Crippen molar-refractivity contribution in [1.29, 1.82) is 0 Å². The third-order valence-electron chi connectivity index (χ3n) is 2.40. The largest absolute Gasteiger partial charge is 0.330 e. The lowest BCUT2D eigenvalue weighted by atomic mass is 10.3. The molecule has 0 aliphatic heterocycles. The Morgan fingerprint density at radius 1 is 1.56 bits per heavy atom. The summed E-state index contributed by atoms with van der Waals surface area (Å²) in [5.41, 5.74) is 7.36. The molecular weight excluding hydrogens is 248 g/mol. The number of nitrogens with one attached hydrogen (secondary N) is 1. The van der Waals surface area contributed by atoms with Crippen molar-refractivity contribution in [3.05, 3.63) is 40.1 Å². The fourth-order valence-electron chi connectivity index (χ4n) is 1.46. The maximum Gasteiger partial charge on any atom is 0.275 e. The quantitative estimate of drug-likeness (QED) is 0.877. The molecule has 6 heteroatoms. The van der Waals surface area contributed by atoms with Crippen molar-refractivity contribution in [2.75, 3.05) is 11.9 Å². The van der Waals surface area contributed by atoms with Crippen LogP contribution < -0.4 is 11.1 Å². The van der Waals surface area contributed by atoms with Gasteiger partial charge in [0.2, 0.25) is 0 Å². The van der Waals surface area contributed by atoms with Crippen molar-refractivity contribution in [2.24, 2.45) is 5.73 Å².